The molecule has 3 aromatic heterocycles. The maximum atomic E-state index is 4.74. The molecule has 0 aliphatic heterocycles. The van der Waals surface area contributed by atoms with Gasteiger partial charge in [-0.1, -0.05) is 84.9 Å². The number of hydrogen-bond donors (Lipinski definition) is 0. The van der Waals surface area contributed by atoms with Crippen LogP contribution in [0, 0.1) is 0 Å². The molecule has 0 radical (unpaired) electrons. The van der Waals surface area contributed by atoms with Gasteiger partial charge >= 0.3 is 0 Å². The maximum absolute atomic E-state index is 4.74. The van der Waals surface area contributed by atoms with Crippen molar-refractivity contribution in [3.63, 3.8) is 0 Å². The van der Waals surface area contributed by atoms with Gasteiger partial charge in [0.15, 0.2) is 0 Å². The third-order valence-corrected chi connectivity index (χ3v) is 8.67. The lowest BCUT2D eigenvalue weighted by molar-refractivity contribution is 1.18. The van der Waals surface area contributed by atoms with Gasteiger partial charge < -0.3 is 4.57 Å². The van der Waals surface area contributed by atoms with Gasteiger partial charge in [-0.15, -0.1) is 0 Å². The van der Waals surface area contributed by atoms with E-state index in [1.165, 1.54) is 59.8 Å². The number of rotatable bonds is 3. The van der Waals surface area contributed by atoms with Crippen molar-refractivity contribution in [2.75, 3.05) is 0 Å². The number of para-hydroxylation sites is 2. The summed E-state index contributed by atoms with van der Waals surface area (Å²) < 4.78 is 2.40. The Morgan fingerprint density at radius 2 is 1.02 bits per heavy atom. The Morgan fingerprint density at radius 3 is 1.79 bits per heavy atom. The summed E-state index contributed by atoms with van der Waals surface area (Å²) in [6.07, 6.45) is 3.76. The first-order valence-corrected chi connectivity index (χ1v) is 14.6. The van der Waals surface area contributed by atoms with Crippen LogP contribution in [0.25, 0.3) is 82.3 Å². The van der Waals surface area contributed by atoms with Crippen LogP contribution in [-0.2, 0) is 0 Å². The van der Waals surface area contributed by atoms with Gasteiger partial charge in [0.2, 0.25) is 0 Å². The van der Waals surface area contributed by atoms with Crippen LogP contribution in [-0.4, -0.2) is 14.5 Å². The zero-order valence-electron chi connectivity index (χ0n) is 23.3. The summed E-state index contributed by atoms with van der Waals surface area (Å²) in [4.78, 5) is 9.19. The molecular formula is C40H25N3. The van der Waals surface area contributed by atoms with E-state index in [1.807, 2.05) is 24.4 Å². The standard InChI is InChI=1S/C40H25N3/c1-2-10-28(11-3-1)43-39-16-7-6-14-32(39)36-23-34-31-19-17-26(27-18-20-38(42-25-27)37-15-8-9-21-41-37)22-33(31)29-12-4-5-13-30(29)35(34)24-40(36)43/h1-25H. The van der Waals surface area contributed by atoms with E-state index in [0.29, 0.717) is 0 Å². The van der Waals surface area contributed by atoms with Crippen molar-refractivity contribution >= 4 is 54.1 Å². The quantitative estimate of drug-likeness (QED) is 0.206. The number of pyridine rings is 2. The number of nitrogens with zero attached hydrogens (tertiary/aromatic N) is 3. The van der Waals surface area contributed by atoms with Gasteiger partial charge in [-0.25, -0.2) is 0 Å². The van der Waals surface area contributed by atoms with Crippen LogP contribution < -0.4 is 0 Å². The second kappa shape index (κ2) is 9.37. The van der Waals surface area contributed by atoms with Crippen molar-refractivity contribution in [1.82, 2.24) is 14.5 Å². The SMILES string of the molecule is c1ccc(-n2c3ccccc3c3cc4c5ccc(-c6ccc(-c7ccccn7)nc6)cc5c5ccccc5c4cc32)cc1. The van der Waals surface area contributed by atoms with Crippen LogP contribution in [0.3, 0.4) is 0 Å². The largest absolute Gasteiger partial charge is 0.309 e. The molecule has 3 nitrogen and oxygen atoms in total. The van der Waals surface area contributed by atoms with Crippen molar-refractivity contribution < 1.29 is 0 Å². The molecule has 3 heteroatoms. The molecule has 0 unspecified atom stereocenters. The molecule has 0 N–H and O–H groups in total. The van der Waals surface area contributed by atoms with Crippen LogP contribution in [0.4, 0.5) is 0 Å². The molecule has 0 atom stereocenters. The third-order valence-electron chi connectivity index (χ3n) is 8.67. The van der Waals surface area contributed by atoms with Gasteiger partial charge in [0.05, 0.1) is 22.4 Å². The second-order valence-corrected chi connectivity index (χ2v) is 11.1. The van der Waals surface area contributed by atoms with Crippen molar-refractivity contribution in [2.24, 2.45) is 0 Å². The fraction of sp³-hybridized carbons (Fsp3) is 0. The van der Waals surface area contributed by atoms with E-state index in [9.17, 15) is 0 Å². The Hall–Kier alpha value is -5.80. The Balaban J connectivity index is 1.31. The summed E-state index contributed by atoms with van der Waals surface area (Å²) in [5, 5.41) is 10.1. The van der Waals surface area contributed by atoms with Crippen LogP contribution in [0.2, 0.25) is 0 Å². The second-order valence-electron chi connectivity index (χ2n) is 11.1. The highest BCUT2D eigenvalue weighted by molar-refractivity contribution is 6.29. The maximum Gasteiger partial charge on any atom is 0.0886 e. The molecule has 0 saturated carbocycles. The lowest BCUT2D eigenvalue weighted by atomic mass is 9.91. The summed E-state index contributed by atoms with van der Waals surface area (Å²) in [5.74, 6) is 0. The average molecular weight is 548 g/mol. The molecule has 0 aliphatic carbocycles. The third kappa shape index (κ3) is 3.68. The molecular weight excluding hydrogens is 522 g/mol. The summed E-state index contributed by atoms with van der Waals surface area (Å²) in [7, 11) is 0. The number of benzene rings is 6. The number of aromatic nitrogens is 3. The summed E-state index contributed by atoms with van der Waals surface area (Å²) in [6.45, 7) is 0. The summed E-state index contributed by atoms with van der Waals surface area (Å²) >= 11 is 0. The monoisotopic (exact) mass is 547 g/mol. The van der Waals surface area contributed by atoms with E-state index in [2.05, 4.69) is 131 Å². The normalized spacial score (nSPS) is 11.7. The molecule has 0 spiro atoms. The fourth-order valence-electron chi connectivity index (χ4n) is 6.68. The Bertz CT molecular complexity index is 2480. The molecule has 3 heterocycles. The Morgan fingerprint density at radius 1 is 0.372 bits per heavy atom. The highest BCUT2D eigenvalue weighted by Crippen LogP contribution is 2.41. The minimum Gasteiger partial charge on any atom is -0.309 e. The highest BCUT2D eigenvalue weighted by Gasteiger charge is 2.16. The van der Waals surface area contributed by atoms with Crippen LogP contribution in [0.1, 0.15) is 0 Å². The van der Waals surface area contributed by atoms with E-state index < -0.39 is 0 Å². The summed E-state index contributed by atoms with van der Waals surface area (Å²) in [6, 6.07) is 49.9. The molecule has 0 aliphatic rings. The Labute approximate surface area is 248 Å². The molecule has 6 aromatic carbocycles. The first-order chi connectivity index (χ1) is 21.3. The lowest BCUT2D eigenvalue weighted by Gasteiger charge is -2.14. The number of fused-ring (bicyclic) bond motifs is 9. The van der Waals surface area contributed by atoms with Gasteiger partial charge in [0.25, 0.3) is 0 Å². The van der Waals surface area contributed by atoms with E-state index in [4.69, 9.17) is 4.98 Å². The molecule has 200 valence electrons. The van der Waals surface area contributed by atoms with Crippen LogP contribution in [0.5, 0.6) is 0 Å². The lowest BCUT2D eigenvalue weighted by Crippen LogP contribution is -1.93. The van der Waals surface area contributed by atoms with Crippen molar-refractivity contribution in [3.05, 3.63) is 152 Å². The zero-order valence-corrected chi connectivity index (χ0v) is 23.3. The Kier molecular flexibility index (Phi) is 5.20. The molecule has 0 fully saturated rings. The van der Waals surface area contributed by atoms with Crippen molar-refractivity contribution in [1.29, 1.82) is 0 Å². The molecule has 0 bridgehead atoms. The predicted molar refractivity (Wildman–Crippen MR) is 180 cm³/mol. The van der Waals surface area contributed by atoms with Gasteiger partial charge in [0, 0.05) is 34.4 Å². The van der Waals surface area contributed by atoms with Gasteiger partial charge in [-0.2, -0.15) is 0 Å². The van der Waals surface area contributed by atoms with Crippen molar-refractivity contribution in [3.8, 4) is 28.2 Å². The van der Waals surface area contributed by atoms with E-state index >= 15 is 0 Å². The number of hydrogen-bond acceptors (Lipinski definition) is 2. The van der Waals surface area contributed by atoms with Gasteiger partial charge in [0.1, 0.15) is 0 Å². The molecule has 9 aromatic rings. The smallest absolute Gasteiger partial charge is 0.0886 e. The topological polar surface area (TPSA) is 30.7 Å². The fourth-order valence-corrected chi connectivity index (χ4v) is 6.68. The van der Waals surface area contributed by atoms with Crippen LogP contribution >= 0.6 is 0 Å². The molecule has 43 heavy (non-hydrogen) atoms. The van der Waals surface area contributed by atoms with Gasteiger partial charge in [-0.3, -0.25) is 9.97 Å². The first kappa shape index (κ1) is 23.9. The molecule has 0 amide bonds. The zero-order chi connectivity index (χ0) is 28.3. The molecule has 0 saturated heterocycles. The first-order valence-electron chi connectivity index (χ1n) is 14.6. The van der Waals surface area contributed by atoms with Gasteiger partial charge in [-0.05, 0) is 92.5 Å². The van der Waals surface area contributed by atoms with E-state index in [1.54, 1.807) is 6.20 Å². The minimum atomic E-state index is 0.875. The van der Waals surface area contributed by atoms with E-state index in [-0.39, 0.29) is 0 Å². The molecule has 9 rings (SSSR count). The van der Waals surface area contributed by atoms with Crippen molar-refractivity contribution in [2.45, 2.75) is 0 Å². The minimum absolute atomic E-state index is 0.875. The van der Waals surface area contributed by atoms with E-state index in [0.717, 1.165) is 22.5 Å². The average Bonchev–Trinajstić information content (AvgIpc) is 3.41. The summed E-state index contributed by atoms with van der Waals surface area (Å²) in [5.41, 5.74) is 7.61. The van der Waals surface area contributed by atoms with Crippen LogP contribution in [0.15, 0.2) is 152 Å². The highest BCUT2D eigenvalue weighted by atomic mass is 15.0. The predicted octanol–water partition coefficient (Wildman–Crippen LogP) is 10.4.